The lowest BCUT2D eigenvalue weighted by atomic mass is 9.95. The Kier molecular flexibility index (Phi) is 9.71. The number of aryl methyl sites for hydroxylation is 1. The summed E-state index contributed by atoms with van der Waals surface area (Å²) >= 11 is 0. The van der Waals surface area contributed by atoms with Crippen LogP contribution in [0.5, 0.6) is 0 Å². The third-order valence-corrected chi connectivity index (χ3v) is 3.81. The maximum Gasteiger partial charge on any atom is 0.0612 e. The summed E-state index contributed by atoms with van der Waals surface area (Å²) in [7, 11) is 0. The van der Waals surface area contributed by atoms with Crippen molar-refractivity contribution in [3.05, 3.63) is 96.1 Å². The van der Waals surface area contributed by atoms with Gasteiger partial charge in [0.25, 0.3) is 0 Å². The molecule has 0 atom stereocenters. The zero-order valence-electron chi connectivity index (χ0n) is 16.5. The SMILES string of the molecule is C=C/C=C\C(=N)c1cc(C/C=C\CC)cc(-c2cccc(C)c2)c1.CC. The van der Waals surface area contributed by atoms with Crippen molar-refractivity contribution in [2.24, 2.45) is 0 Å². The van der Waals surface area contributed by atoms with E-state index in [-0.39, 0.29) is 0 Å². The van der Waals surface area contributed by atoms with Crippen LogP contribution in [0.2, 0.25) is 0 Å². The highest BCUT2D eigenvalue weighted by Crippen LogP contribution is 2.24. The zero-order valence-corrected chi connectivity index (χ0v) is 16.5. The van der Waals surface area contributed by atoms with Gasteiger partial charge in [-0.2, -0.15) is 0 Å². The first-order valence-electron chi connectivity index (χ1n) is 9.38. The van der Waals surface area contributed by atoms with Crippen LogP contribution in [0.15, 0.2) is 79.4 Å². The molecule has 2 rings (SSSR count). The lowest BCUT2D eigenvalue weighted by Crippen LogP contribution is -1.97. The van der Waals surface area contributed by atoms with E-state index in [2.05, 4.69) is 75.0 Å². The van der Waals surface area contributed by atoms with Gasteiger partial charge < -0.3 is 5.41 Å². The number of rotatable bonds is 7. The lowest BCUT2D eigenvalue weighted by Gasteiger charge is -2.10. The number of benzene rings is 2. The van der Waals surface area contributed by atoms with Crippen molar-refractivity contribution in [1.29, 1.82) is 5.41 Å². The first kappa shape index (κ1) is 21.4. The summed E-state index contributed by atoms with van der Waals surface area (Å²) in [5.74, 6) is 0. The first-order chi connectivity index (χ1) is 12.6. The zero-order chi connectivity index (χ0) is 19.4. The Balaban J connectivity index is 0.00000163. The molecule has 1 nitrogen and oxygen atoms in total. The summed E-state index contributed by atoms with van der Waals surface area (Å²) in [6.07, 6.45) is 11.6. The van der Waals surface area contributed by atoms with Gasteiger partial charge in [-0.1, -0.05) is 87.5 Å². The van der Waals surface area contributed by atoms with Crippen molar-refractivity contribution < 1.29 is 0 Å². The standard InChI is InChI=1S/C23H25N.C2H6/c1-4-6-8-11-19-15-21(20-12-9-10-18(3)14-20)17-22(16-19)23(24)13-7-5-2;1-2/h5-10,12-17,24H,2,4,11H2,1,3H3;1-2H3/b8-6-,13-7-,24-23?;. The topological polar surface area (TPSA) is 23.9 Å². The van der Waals surface area contributed by atoms with Gasteiger partial charge >= 0.3 is 0 Å². The van der Waals surface area contributed by atoms with Gasteiger partial charge in [0.15, 0.2) is 0 Å². The van der Waals surface area contributed by atoms with Crippen LogP contribution >= 0.6 is 0 Å². The van der Waals surface area contributed by atoms with Gasteiger partial charge in [-0.3, -0.25) is 0 Å². The summed E-state index contributed by atoms with van der Waals surface area (Å²) in [5.41, 5.74) is 6.26. The maximum absolute atomic E-state index is 8.29. The average molecular weight is 346 g/mol. The average Bonchev–Trinajstić information content (AvgIpc) is 2.67. The lowest BCUT2D eigenvalue weighted by molar-refractivity contribution is 1.18. The third-order valence-electron chi connectivity index (χ3n) is 3.81. The van der Waals surface area contributed by atoms with Crippen molar-refractivity contribution in [2.45, 2.75) is 40.5 Å². The Bertz CT molecular complexity index is 778. The molecule has 0 saturated carbocycles. The quantitative estimate of drug-likeness (QED) is 0.309. The molecule has 2 aromatic rings. The second-order valence-electron chi connectivity index (χ2n) is 5.88. The first-order valence-corrected chi connectivity index (χ1v) is 9.38. The molecule has 2 aromatic carbocycles. The minimum atomic E-state index is 0.505. The van der Waals surface area contributed by atoms with Crippen LogP contribution in [0.3, 0.4) is 0 Å². The number of hydrogen-bond acceptors (Lipinski definition) is 1. The summed E-state index contributed by atoms with van der Waals surface area (Å²) < 4.78 is 0. The molecule has 0 fully saturated rings. The highest BCUT2D eigenvalue weighted by Gasteiger charge is 2.06. The summed E-state index contributed by atoms with van der Waals surface area (Å²) in [6.45, 7) is 11.9. The molecular formula is C25H31N. The van der Waals surface area contributed by atoms with Gasteiger partial charge in [0.2, 0.25) is 0 Å². The van der Waals surface area contributed by atoms with E-state index in [1.807, 2.05) is 13.8 Å². The van der Waals surface area contributed by atoms with E-state index in [0.29, 0.717) is 5.71 Å². The van der Waals surface area contributed by atoms with Crippen LogP contribution < -0.4 is 0 Å². The molecule has 1 N–H and O–H groups in total. The molecule has 0 spiro atoms. The molecule has 0 unspecified atom stereocenters. The number of nitrogens with one attached hydrogen (secondary N) is 1. The predicted molar refractivity (Wildman–Crippen MR) is 117 cm³/mol. The van der Waals surface area contributed by atoms with E-state index in [1.165, 1.54) is 16.7 Å². The fourth-order valence-electron chi connectivity index (χ4n) is 2.60. The van der Waals surface area contributed by atoms with Gasteiger partial charge in [-0.05, 0) is 54.7 Å². The van der Waals surface area contributed by atoms with Crippen molar-refractivity contribution >= 4 is 5.71 Å². The van der Waals surface area contributed by atoms with Crippen LogP contribution in [0.4, 0.5) is 0 Å². The molecule has 1 heteroatoms. The molecule has 0 saturated heterocycles. The van der Waals surface area contributed by atoms with Gasteiger partial charge in [-0.15, -0.1) is 0 Å². The van der Waals surface area contributed by atoms with Crippen LogP contribution in [0.25, 0.3) is 11.1 Å². The van der Waals surface area contributed by atoms with Gasteiger partial charge in [0.1, 0.15) is 0 Å². The Morgan fingerprint density at radius 3 is 2.46 bits per heavy atom. The molecular weight excluding hydrogens is 314 g/mol. The smallest absolute Gasteiger partial charge is 0.0612 e. The monoisotopic (exact) mass is 345 g/mol. The molecule has 0 amide bonds. The predicted octanol–water partition coefficient (Wildman–Crippen LogP) is 7.31. The van der Waals surface area contributed by atoms with Gasteiger partial charge in [-0.25, -0.2) is 0 Å². The second kappa shape index (κ2) is 11.8. The van der Waals surface area contributed by atoms with E-state index < -0.39 is 0 Å². The number of allylic oxidation sites excluding steroid dienone is 5. The molecule has 0 heterocycles. The highest BCUT2D eigenvalue weighted by molar-refractivity contribution is 6.07. The molecule has 136 valence electrons. The van der Waals surface area contributed by atoms with Crippen LogP contribution in [0.1, 0.15) is 43.9 Å². The maximum atomic E-state index is 8.29. The Morgan fingerprint density at radius 2 is 1.81 bits per heavy atom. The Hall–Kier alpha value is -2.67. The number of hydrogen-bond donors (Lipinski definition) is 1. The fourth-order valence-corrected chi connectivity index (χ4v) is 2.60. The third kappa shape index (κ3) is 6.68. The molecule has 26 heavy (non-hydrogen) atoms. The van der Waals surface area contributed by atoms with Crippen LogP contribution in [-0.4, -0.2) is 5.71 Å². The minimum absolute atomic E-state index is 0.505. The molecule has 0 bridgehead atoms. The normalized spacial score (nSPS) is 10.6. The fraction of sp³-hybridized carbons (Fsp3) is 0.240. The van der Waals surface area contributed by atoms with E-state index in [4.69, 9.17) is 5.41 Å². The van der Waals surface area contributed by atoms with Crippen molar-refractivity contribution in [3.8, 4) is 11.1 Å². The summed E-state index contributed by atoms with van der Waals surface area (Å²) in [6, 6.07) is 14.9. The highest BCUT2D eigenvalue weighted by atomic mass is 14.4. The second-order valence-corrected chi connectivity index (χ2v) is 5.88. The summed E-state index contributed by atoms with van der Waals surface area (Å²) in [5, 5.41) is 8.29. The summed E-state index contributed by atoms with van der Waals surface area (Å²) in [4.78, 5) is 0. The molecule has 0 radical (unpaired) electrons. The van der Waals surface area contributed by atoms with Gasteiger partial charge in [0.05, 0.1) is 5.71 Å². The molecule has 0 aliphatic rings. The van der Waals surface area contributed by atoms with E-state index in [1.54, 1.807) is 18.2 Å². The van der Waals surface area contributed by atoms with Crippen molar-refractivity contribution in [1.82, 2.24) is 0 Å². The van der Waals surface area contributed by atoms with Crippen LogP contribution in [0, 0.1) is 12.3 Å². The van der Waals surface area contributed by atoms with E-state index in [0.717, 1.165) is 24.0 Å². The Labute approximate surface area is 159 Å². The van der Waals surface area contributed by atoms with E-state index in [9.17, 15) is 0 Å². The minimum Gasteiger partial charge on any atom is -0.300 e. The van der Waals surface area contributed by atoms with Crippen LogP contribution in [-0.2, 0) is 6.42 Å². The van der Waals surface area contributed by atoms with Gasteiger partial charge in [0, 0.05) is 5.56 Å². The molecule has 0 aromatic heterocycles. The largest absolute Gasteiger partial charge is 0.300 e. The van der Waals surface area contributed by atoms with Crippen molar-refractivity contribution in [3.63, 3.8) is 0 Å². The van der Waals surface area contributed by atoms with Crippen molar-refractivity contribution in [2.75, 3.05) is 0 Å². The van der Waals surface area contributed by atoms with E-state index >= 15 is 0 Å². The molecule has 0 aliphatic carbocycles. The Morgan fingerprint density at radius 1 is 1.04 bits per heavy atom. The molecule has 0 aliphatic heterocycles.